The van der Waals surface area contributed by atoms with Gasteiger partial charge in [-0.25, -0.2) is 0 Å². The average molecular weight is 417 g/mol. The molecule has 0 saturated carbocycles. The summed E-state index contributed by atoms with van der Waals surface area (Å²) < 4.78 is 38.1. The number of likely N-dealkylation sites (tertiary alicyclic amines) is 1. The van der Waals surface area contributed by atoms with Gasteiger partial charge in [-0.05, 0) is 86.9 Å². The number of hydrogen-bond donors (Lipinski definition) is 1. The Balaban J connectivity index is 1.43. The van der Waals surface area contributed by atoms with Crippen molar-refractivity contribution in [3.63, 3.8) is 0 Å². The summed E-state index contributed by atoms with van der Waals surface area (Å²) in [6.45, 7) is 4.17. The topological polar surface area (TPSA) is 35.6 Å². The third-order valence-electron chi connectivity index (χ3n) is 6.18. The van der Waals surface area contributed by atoms with Crippen LogP contribution in [0.2, 0.25) is 0 Å². The standard InChI is InChI=1S/C23H26F3N3O/c1-28-11-9-21(10-12-28)29-13-8-16-4-7-20(14-18(16)15-29)27-22(30)17-2-5-19(6-3-17)23(24,25)26/h2-7,14,21H,8-13,15H2,1H3,(H,27,30). The molecule has 2 aromatic rings. The Labute approximate surface area is 174 Å². The van der Waals surface area contributed by atoms with Crippen molar-refractivity contribution in [2.24, 2.45) is 0 Å². The number of nitrogens with one attached hydrogen (secondary N) is 1. The summed E-state index contributed by atoms with van der Waals surface area (Å²) >= 11 is 0. The first-order valence-electron chi connectivity index (χ1n) is 10.3. The number of fused-ring (bicyclic) bond motifs is 1. The summed E-state index contributed by atoms with van der Waals surface area (Å²) in [5, 5.41) is 2.82. The Hall–Kier alpha value is -2.38. The van der Waals surface area contributed by atoms with Gasteiger partial charge in [0.2, 0.25) is 0 Å². The highest BCUT2D eigenvalue weighted by Gasteiger charge is 2.30. The highest BCUT2D eigenvalue weighted by Crippen LogP contribution is 2.30. The lowest BCUT2D eigenvalue weighted by Crippen LogP contribution is -2.45. The molecule has 2 heterocycles. The van der Waals surface area contributed by atoms with Crippen molar-refractivity contribution < 1.29 is 18.0 Å². The van der Waals surface area contributed by atoms with Crippen LogP contribution in [0, 0.1) is 0 Å². The molecule has 1 amide bonds. The average Bonchev–Trinajstić information content (AvgIpc) is 2.73. The monoisotopic (exact) mass is 417 g/mol. The normalized spacial score (nSPS) is 18.8. The zero-order valence-electron chi connectivity index (χ0n) is 17.0. The molecule has 1 saturated heterocycles. The van der Waals surface area contributed by atoms with Gasteiger partial charge < -0.3 is 10.2 Å². The summed E-state index contributed by atoms with van der Waals surface area (Å²) in [4.78, 5) is 17.4. The van der Waals surface area contributed by atoms with Crippen LogP contribution in [0.1, 0.15) is 39.9 Å². The van der Waals surface area contributed by atoms with E-state index in [2.05, 4.69) is 22.2 Å². The van der Waals surface area contributed by atoms with Crippen molar-refractivity contribution in [2.45, 2.75) is 38.0 Å². The molecule has 2 aliphatic rings. The highest BCUT2D eigenvalue weighted by molar-refractivity contribution is 6.04. The number of hydrogen-bond acceptors (Lipinski definition) is 3. The Morgan fingerprint density at radius 1 is 1.00 bits per heavy atom. The second-order valence-electron chi connectivity index (χ2n) is 8.27. The molecule has 0 spiro atoms. The molecular weight excluding hydrogens is 391 g/mol. The summed E-state index contributed by atoms with van der Waals surface area (Å²) in [5.74, 6) is -0.411. The fourth-order valence-corrected chi connectivity index (χ4v) is 4.34. The van der Waals surface area contributed by atoms with Crippen molar-refractivity contribution >= 4 is 11.6 Å². The molecule has 0 unspecified atom stereocenters. The van der Waals surface area contributed by atoms with Crippen molar-refractivity contribution in [3.8, 4) is 0 Å². The number of benzene rings is 2. The van der Waals surface area contributed by atoms with Crippen LogP contribution in [0.3, 0.4) is 0 Å². The van der Waals surface area contributed by atoms with Crippen molar-refractivity contribution in [1.29, 1.82) is 0 Å². The quantitative estimate of drug-likeness (QED) is 0.804. The summed E-state index contributed by atoms with van der Waals surface area (Å²) in [7, 11) is 2.16. The maximum atomic E-state index is 12.7. The lowest BCUT2D eigenvalue weighted by atomic mass is 9.95. The molecule has 1 fully saturated rings. The van der Waals surface area contributed by atoms with Crippen molar-refractivity contribution in [3.05, 3.63) is 64.7 Å². The van der Waals surface area contributed by atoms with Gasteiger partial charge in [-0.3, -0.25) is 9.69 Å². The smallest absolute Gasteiger partial charge is 0.322 e. The van der Waals surface area contributed by atoms with Gasteiger partial charge in [0.15, 0.2) is 0 Å². The maximum Gasteiger partial charge on any atom is 0.416 e. The number of carbonyl (C=O) groups excluding carboxylic acids is 1. The number of piperidine rings is 1. The van der Waals surface area contributed by atoms with Crippen LogP contribution in [-0.2, 0) is 19.1 Å². The van der Waals surface area contributed by atoms with Gasteiger partial charge in [0.05, 0.1) is 5.56 Å². The minimum atomic E-state index is -4.41. The van der Waals surface area contributed by atoms with Gasteiger partial charge in [0.25, 0.3) is 5.91 Å². The maximum absolute atomic E-state index is 12.7. The van der Waals surface area contributed by atoms with Crippen LogP contribution >= 0.6 is 0 Å². The van der Waals surface area contributed by atoms with Crippen LogP contribution < -0.4 is 5.32 Å². The number of carbonyl (C=O) groups is 1. The van der Waals surface area contributed by atoms with E-state index in [1.54, 1.807) is 0 Å². The molecule has 160 valence electrons. The van der Waals surface area contributed by atoms with Gasteiger partial charge >= 0.3 is 6.18 Å². The van der Waals surface area contributed by atoms with Gasteiger partial charge in [0.1, 0.15) is 0 Å². The Kier molecular flexibility index (Phi) is 5.84. The zero-order valence-corrected chi connectivity index (χ0v) is 17.0. The molecule has 4 rings (SSSR count). The molecule has 2 aliphatic heterocycles. The summed E-state index contributed by atoms with van der Waals surface area (Å²) in [6.07, 6.45) is -1.06. The first-order chi connectivity index (χ1) is 14.3. The number of rotatable bonds is 3. The molecule has 0 radical (unpaired) electrons. The van der Waals surface area contributed by atoms with E-state index in [0.29, 0.717) is 11.7 Å². The van der Waals surface area contributed by atoms with E-state index in [0.717, 1.165) is 44.7 Å². The van der Waals surface area contributed by atoms with Crippen LogP contribution in [0.4, 0.5) is 18.9 Å². The Morgan fingerprint density at radius 3 is 2.37 bits per heavy atom. The van der Waals surface area contributed by atoms with E-state index >= 15 is 0 Å². The molecule has 1 N–H and O–H groups in total. The van der Waals surface area contributed by atoms with Gasteiger partial charge in [-0.15, -0.1) is 0 Å². The SMILES string of the molecule is CN1CCC(N2CCc3ccc(NC(=O)c4ccc(C(F)(F)F)cc4)cc3C2)CC1. The molecule has 0 aliphatic carbocycles. The number of anilines is 1. The minimum Gasteiger partial charge on any atom is -0.322 e. The molecule has 2 aromatic carbocycles. The minimum absolute atomic E-state index is 0.202. The molecule has 4 nitrogen and oxygen atoms in total. The molecule has 0 atom stereocenters. The first-order valence-corrected chi connectivity index (χ1v) is 10.3. The molecule has 7 heteroatoms. The molecule has 30 heavy (non-hydrogen) atoms. The van der Waals surface area contributed by atoms with E-state index in [4.69, 9.17) is 0 Å². The molecule has 0 aromatic heterocycles. The second kappa shape index (κ2) is 8.40. The van der Waals surface area contributed by atoms with Crippen LogP contribution in [0.15, 0.2) is 42.5 Å². The van der Waals surface area contributed by atoms with E-state index < -0.39 is 17.6 Å². The molecule has 0 bridgehead atoms. The highest BCUT2D eigenvalue weighted by atomic mass is 19.4. The predicted octanol–water partition coefficient (Wildman–Crippen LogP) is 4.41. The summed E-state index contributed by atoms with van der Waals surface area (Å²) in [5.41, 5.74) is 2.62. The Morgan fingerprint density at radius 2 is 1.70 bits per heavy atom. The fraction of sp³-hybridized carbons (Fsp3) is 0.435. The van der Waals surface area contributed by atoms with Crippen LogP contribution in [0.5, 0.6) is 0 Å². The van der Waals surface area contributed by atoms with Crippen molar-refractivity contribution in [2.75, 3.05) is 32.0 Å². The lowest BCUT2D eigenvalue weighted by molar-refractivity contribution is -0.137. The third-order valence-corrected chi connectivity index (χ3v) is 6.18. The van der Waals surface area contributed by atoms with E-state index in [9.17, 15) is 18.0 Å². The van der Waals surface area contributed by atoms with Crippen LogP contribution in [-0.4, -0.2) is 48.4 Å². The van der Waals surface area contributed by atoms with Gasteiger partial charge in [-0.1, -0.05) is 6.07 Å². The Bertz CT molecular complexity index is 903. The van der Waals surface area contributed by atoms with E-state index in [-0.39, 0.29) is 5.56 Å². The first kappa shape index (κ1) is 20.9. The van der Waals surface area contributed by atoms with Gasteiger partial charge in [0, 0.05) is 30.4 Å². The molecular formula is C23H26F3N3O. The lowest BCUT2D eigenvalue weighted by Gasteiger charge is -2.39. The number of alkyl halides is 3. The largest absolute Gasteiger partial charge is 0.416 e. The number of halogens is 3. The number of nitrogens with zero attached hydrogens (tertiary/aromatic N) is 2. The summed E-state index contributed by atoms with van der Waals surface area (Å²) in [6, 6.07) is 10.8. The predicted molar refractivity (Wildman–Crippen MR) is 110 cm³/mol. The van der Waals surface area contributed by atoms with Gasteiger partial charge in [-0.2, -0.15) is 13.2 Å². The van der Waals surface area contributed by atoms with Crippen LogP contribution in [0.25, 0.3) is 0 Å². The van der Waals surface area contributed by atoms with E-state index in [1.165, 1.54) is 36.1 Å². The third kappa shape index (κ3) is 4.68. The second-order valence-corrected chi connectivity index (χ2v) is 8.27. The number of amides is 1. The zero-order chi connectivity index (χ0) is 21.3. The fourth-order valence-electron chi connectivity index (χ4n) is 4.34. The van der Waals surface area contributed by atoms with E-state index in [1.807, 2.05) is 18.2 Å². The van der Waals surface area contributed by atoms with Crippen molar-refractivity contribution in [1.82, 2.24) is 9.80 Å².